The lowest BCUT2D eigenvalue weighted by atomic mass is 9.95. The monoisotopic (exact) mass is 437 g/mol. The van der Waals surface area contributed by atoms with Crippen LogP contribution in [0.3, 0.4) is 0 Å². The van der Waals surface area contributed by atoms with Gasteiger partial charge in [0.25, 0.3) is 5.89 Å². The number of benzene rings is 2. The molecule has 0 saturated carbocycles. The average Bonchev–Trinajstić information content (AvgIpc) is 3.34. The minimum Gasteiger partial charge on any atom is -0.497 e. The van der Waals surface area contributed by atoms with Crippen LogP contribution < -0.4 is 14.2 Å². The van der Waals surface area contributed by atoms with Crippen LogP contribution in [0.4, 0.5) is 0 Å². The van der Waals surface area contributed by atoms with Gasteiger partial charge in [-0.25, -0.2) is 0 Å². The summed E-state index contributed by atoms with van der Waals surface area (Å²) in [4.78, 5) is 19.3. The molecule has 0 bridgehead atoms. The van der Waals surface area contributed by atoms with Crippen molar-refractivity contribution in [3.05, 3.63) is 53.9 Å². The minimum absolute atomic E-state index is 0.0980. The van der Waals surface area contributed by atoms with Crippen LogP contribution in [0, 0.1) is 0 Å². The lowest BCUT2D eigenvalue weighted by Gasteiger charge is -2.30. The molecule has 32 heavy (non-hydrogen) atoms. The van der Waals surface area contributed by atoms with Gasteiger partial charge in [0.1, 0.15) is 5.75 Å². The van der Waals surface area contributed by atoms with E-state index < -0.39 is 0 Å². The lowest BCUT2D eigenvalue weighted by molar-refractivity contribution is -0.131. The number of amides is 1. The number of likely N-dealkylation sites (tertiary alicyclic amines) is 1. The maximum absolute atomic E-state index is 12.8. The summed E-state index contributed by atoms with van der Waals surface area (Å²) in [5.41, 5.74) is 1.72. The van der Waals surface area contributed by atoms with E-state index in [0.717, 1.165) is 29.7 Å². The Labute approximate surface area is 187 Å². The molecule has 0 atom stereocenters. The molecule has 2 heterocycles. The standard InChI is InChI=1S/C24H27N3O5/c1-29-19-6-4-5-18(15-19)24-25-23(26-32-24)17-9-11-27(12-10-17)22(28)14-16-7-8-20(30-2)21(13-16)31-3/h4-8,13,15,17H,9-12,14H2,1-3H3. The van der Waals surface area contributed by atoms with Gasteiger partial charge in [0, 0.05) is 24.6 Å². The van der Waals surface area contributed by atoms with E-state index >= 15 is 0 Å². The Morgan fingerprint density at radius 2 is 1.81 bits per heavy atom. The van der Waals surface area contributed by atoms with Gasteiger partial charge in [-0.15, -0.1) is 0 Å². The van der Waals surface area contributed by atoms with Crippen LogP contribution in [0.2, 0.25) is 0 Å². The third-order valence-corrected chi connectivity index (χ3v) is 5.77. The summed E-state index contributed by atoms with van der Waals surface area (Å²) < 4.78 is 21.3. The van der Waals surface area contributed by atoms with Gasteiger partial charge in [0.2, 0.25) is 5.91 Å². The van der Waals surface area contributed by atoms with Gasteiger partial charge in [-0.2, -0.15) is 4.98 Å². The Morgan fingerprint density at radius 3 is 2.53 bits per heavy atom. The minimum atomic E-state index is 0.0980. The second-order valence-electron chi connectivity index (χ2n) is 7.71. The molecule has 0 radical (unpaired) electrons. The van der Waals surface area contributed by atoms with Gasteiger partial charge in [-0.1, -0.05) is 17.3 Å². The van der Waals surface area contributed by atoms with Gasteiger partial charge < -0.3 is 23.6 Å². The van der Waals surface area contributed by atoms with E-state index in [1.165, 1.54) is 0 Å². The summed E-state index contributed by atoms with van der Waals surface area (Å²) in [5, 5.41) is 4.19. The van der Waals surface area contributed by atoms with E-state index in [1.54, 1.807) is 21.3 Å². The number of carbonyl (C=O) groups is 1. The van der Waals surface area contributed by atoms with Gasteiger partial charge in [-0.3, -0.25) is 4.79 Å². The first-order valence-corrected chi connectivity index (χ1v) is 10.6. The lowest BCUT2D eigenvalue weighted by Crippen LogP contribution is -2.39. The molecule has 4 rings (SSSR count). The van der Waals surface area contributed by atoms with Crippen molar-refractivity contribution in [2.75, 3.05) is 34.4 Å². The second-order valence-corrected chi connectivity index (χ2v) is 7.71. The van der Waals surface area contributed by atoms with Crippen molar-refractivity contribution in [3.8, 4) is 28.7 Å². The molecule has 1 amide bonds. The first kappa shape index (κ1) is 21.7. The number of methoxy groups -OCH3 is 3. The third-order valence-electron chi connectivity index (χ3n) is 5.77. The predicted molar refractivity (Wildman–Crippen MR) is 118 cm³/mol. The van der Waals surface area contributed by atoms with E-state index in [1.807, 2.05) is 47.4 Å². The predicted octanol–water partition coefficient (Wildman–Crippen LogP) is 3.71. The fourth-order valence-electron chi connectivity index (χ4n) is 3.94. The van der Waals surface area contributed by atoms with Crippen LogP contribution in [-0.4, -0.2) is 55.4 Å². The molecular formula is C24H27N3O5. The molecule has 8 nitrogen and oxygen atoms in total. The smallest absolute Gasteiger partial charge is 0.258 e. The molecule has 1 aliphatic rings. The van der Waals surface area contributed by atoms with Crippen LogP contribution in [0.1, 0.15) is 30.1 Å². The molecule has 1 aliphatic heterocycles. The highest BCUT2D eigenvalue weighted by atomic mass is 16.5. The summed E-state index contributed by atoms with van der Waals surface area (Å²) >= 11 is 0. The van der Waals surface area contributed by atoms with E-state index in [2.05, 4.69) is 10.1 Å². The Bertz CT molecular complexity index is 1070. The van der Waals surface area contributed by atoms with E-state index in [9.17, 15) is 4.79 Å². The quantitative estimate of drug-likeness (QED) is 0.557. The topological polar surface area (TPSA) is 86.9 Å². The van der Waals surface area contributed by atoms with Crippen LogP contribution in [0.25, 0.3) is 11.5 Å². The SMILES string of the molecule is COc1cccc(-c2nc(C3CCN(C(=O)Cc4ccc(OC)c(OC)c4)CC3)no2)c1. The number of piperidine rings is 1. The molecule has 0 unspecified atom stereocenters. The highest BCUT2D eigenvalue weighted by molar-refractivity contribution is 5.79. The maximum atomic E-state index is 12.8. The fraction of sp³-hybridized carbons (Fsp3) is 0.375. The van der Waals surface area contributed by atoms with Crippen molar-refractivity contribution in [3.63, 3.8) is 0 Å². The molecule has 3 aromatic rings. The molecule has 0 spiro atoms. The number of nitrogens with zero attached hydrogens (tertiary/aromatic N) is 3. The molecule has 1 aromatic heterocycles. The van der Waals surface area contributed by atoms with Crippen molar-refractivity contribution in [1.82, 2.24) is 15.0 Å². The molecule has 1 saturated heterocycles. The zero-order chi connectivity index (χ0) is 22.5. The maximum Gasteiger partial charge on any atom is 0.258 e. The van der Waals surface area contributed by atoms with Crippen molar-refractivity contribution in [2.45, 2.75) is 25.2 Å². The van der Waals surface area contributed by atoms with E-state index in [0.29, 0.717) is 42.7 Å². The molecule has 0 aliphatic carbocycles. The summed E-state index contributed by atoms with van der Waals surface area (Å²) in [6, 6.07) is 13.1. The summed E-state index contributed by atoms with van der Waals surface area (Å²) in [6.07, 6.45) is 1.93. The number of hydrogen-bond donors (Lipinski definition) is 0. The summed E-state index contributed by atoms with van der Waals surface area (Å²) in [5.74, 6) is 3.45. The average molecular weight is 437 g/mol. The van der Waals surface area contributed by atoms with Crippen LogP contribution in [-0.2, 0) is 11.2 Å². The molecule has 0 N–H and O–H groups in total. The molecule has 2 aromatic carbocycles. The number of ether oxygens (including phenoxy) is 3. The van der Waals surface area contributed by atoms with Gasteiger partial charge in [0.15, 0.2) is 17.3 Å². The Morgan fingerprint density at radius 1 is 1.03 bits per heavy atom. The summed E-state index contributed by atoms with van der Waals surface area (Å²) in [6.45, 7) is 1.33. The molecule has 1 fully saturated rings. The van der Waals surface area contributed by atoms with Crippen molar-refractivity contribution in [2.24, 2.45) is 0 Å². The van der Waals surface area contributed by atoms with E-state index in [-0.39, 0.29) is 11.8 Å². The van der Waals surface area contributed by atoms with Crippen LogP contribution in [0.15, 0.2) is 47.0 Å². The van der Waals surface area contributed by atoms with E-state index in [4.69, 9.17) is 18.7 Å². The number of aromatic nitrogens is 2. The van der Waals surface area contributed by atoms with Crippen molar-refractivity contribution < 1.29 is 23.5 Å². The zero-order valence-electron chi connectivity index (χ0n) is 18.5. The molecular weight excluding hydrogens is 410 g/mol. The number of hydrogen-bond acceptors (Lipinski definition) is 7. The van der Waals surface area contributed by atoms with Crippen LogP contribution in [0.5, 0.6) is 17.2 Å². The highest BCUT2D eigenvalue weighted by Gasteiger charge is 2.27. The van der Waals surface area contributed by atoms with Crippen molar-refractivity contribution in [1.29, 1.82) is 0 Å². The first-order chi connectivity index (χ1) is 15.6. The Kier molecular flexibility index (Phi) is 6.58. The summed E-state index contributed by atoms with van der Waals surface area (Å²) in [7, 11) is 4.81. The largest absolute Gasteiger partial charge is 0.497 e. The third kappa shape index (κ3) is 4.69. The zero-order valence-corrected chi connectivity index (χ0v) is 18.5. The van der Waals surface area contributed by atoms with Crippen LogP contribution >= 0.6 is 0 Å². The normalized spacial score (nSPS) is 14.3. The number of carbonyl (C=O) groups excluding carboxylic acids is 1. The number of rotatable bonds is 7. The molecule has 168 valence electrons. The van der Waals surface area contributed by atoms with Crippen molar-refractivity contribution >= 4 is 5.91 Å². The Hall–Kier alpha value is -3.55. The first-order valence-electron chi connectivity index (χ1n) is 10.6. The van der Waals surface area contributed by atoms with Gasteiger partial charge in [-0.05, 0) is 48.7 Å². The molecule has 8 heteroatoms. The van der Waals surface area contributed by atoms with Gasteiger partial charge >= 0.3 is 0 Å². The second kappa shape index (κ2) is 9.72. The van der Waals surface area contributed by atoms with Gasteiger partial charge in [0.05, 0.1) is 27.8 Å². The fourth-order valence-corrected chi connectivity index (χ4v) is 3.94. The highest BCUT2D eigenvalue weighted by Crippen LogP contribution is 2.30. The Balaban J connectivity index is 1.35.